The molecule has 0 aliphatic heterocycles. The molecule has 482 valence electrons. The Balaban J connectivity index is 5.18. The van der Waals surface area contributed by atoms with Crippen molar-refractivity contribution in [3.05, 3.63) is 85.1 Å². The number of rotatable bonds is 63. The van der Waals surface area contributed by atoms with E-state index in [0.717, 1.165) is 77.0 Å². The molecule has 9 nitrogen and oxygen atoms in total. The molecule has 0 aromatic heterocycles. The number of hydrogen-bond acceptors (Lipinski definition) is 7. The summed E-state index contributed by atoms with van der Waals surface area (Å²) in [4.78, 5) is 40.1. The number of ether oxygens (including phenoxy) is 1. The number of esters is 1. The largest absolute Gasteiger partial charge is 0.756 e. The van der Waals surface area contributed by atoms with Crippen molar-refractivity contribution in [2.24, 2.45) is 0 Å². The molecule has 0 spiro atoms. The van der Waals surface area contributed by atoms with Crippen molar-refractivity contribution in [3.63, 3.8) is 0 Å². The lowest BCUT2D eigenvalue weighted by Crippen LogP contribution is -2.47. The molecule has 0 heterocycles. The smallest absolute Gasteiger partial charge is 0.306 e. The highest BCUT2D eigenvalue weighted by Crippen LogP contribution is 2.38. The minimum absolute atomic E-state index is 0.0350. The third-order valence-corrected chi connectivity index (χ3v) is 16.3. The minimum Gasteiger partial charge on any atom is -0.756 e. The van der Waals surface area contributed by atoms with Gasteiger partial charge in [-0.2, -0.15) is 0 Å². The highest BCUT2D eigenvalue weighted by Gasteiger charge is 2.27. The molecule has 3 atom stereocenters. The second kappa shape index (κ2) is 62.2. The molecule has 83 heavy (non-hydrogen) atoms. The number of allylic oxidation sites excluding steroid dienone is 13. The number of carbonyl (C=O) groups excluding carboxylic acids is 2. The lowest BCUT2D eigenvalue weighted by atomic mass is 10.0. The molecule has 10 heteroatoms. The zero-order chi connectivity index (χ0) is 60.7. The zero-order valence-electron chi connectivity index (χ0n) is 55.1. The van der Waals surface area contributed by atoms with Crippen LogP contribution in [0.5, 0.6) is 0 Å². The predicted molar refractivity (Wildman–Crippen MR) is 358 cm³/mol. The standard InChI is InChI=1S/C73H133N2O7P/c1-7-10-13-16-19-22-25-28-30-32-34-35-36-37-38-39-41-42-44-47-50-53-56-59-62-65-72(76)74-70(69-81-83(78,79)80-68-67-75(4,5)6)71(64-61-58-55-52-49-46-27-24-21-18-15-12-9-3)82-73(77)66-63-60-57-54-51-48-45-43-40-33-31-29-26-23-20-17-14-11-8-2/h11,14,20,23,29,31,40,43,48,51,57,60-61,64,70-71H,7-10,12-13,15-19,21-22,24-28,30,32-39,41-42,44-47,49-50,52-56,58-59,62-63,65-69H2,1-6H3,(H-,74,76,78,79)/b14-11-,23-20-,31-29-,43-40-,51-48-,60-57-,64-61+. The maximum atomic E-state index is 13.6. The van der Waals surface area contributed by atoms with Gasteiger partial charge >= 0.3 is 5.97 Å². The number of amides is 1. The van der Waals surface area contributed by atoms with Crippen molar-refractivity contribution in [2.45, 2.75) is 328 Å². The first-order chi connectivity index (χ1) is 40.4. The summed E-state index contributed by atoms with van der Waals surface area (Å²) in [6, 6.07) is -0.922. The molecule has 0 radical (unpaired) electrons. The van der Waals surface area contributed by atoms with Crippen LogP contribution in [0, 0.1) is 0 Å². The van der Waals surface area contributed by atoms with E-state index >= 15 is 0 Å². The van der Waals surface area contributed by atoms with Crippen molar-refractivity contribution in [1.29, 1.82) is 0 Å². The van der Waals surface area contributed by atoms with Gasteiger partial charge in [-0.25, -0.2) is 0 Å². The summed E-state index contributed by atoms with van der Waals surface area (Å²) < 4.78 is 30.4. The Kier molecular flexibility index (Phi) is 60.1. The van der Waals surface area contributed by atoms with Gasteiger partial charge in [0.05, 0.1) is 33.8 Å². The molecule has 0 saturated heterocycles. The molecule has 1 N–H and O–H groups in total. The van der Waals surface area contributed by atoms with Crippen molar-refractivity contribution in [3.8, 4) is 0 Å². The number of nitrogens with one attached hydrogen (secondary N) is 1. The lowest BCUT2D eigenvalue weighted by Gasteiger charge is -2.30. The van der Waals surface area contributed by atoms with E-state index in [-0.39, 0.29) is 18.9 Å². The molecule has 1 amide bonds. The van der Waals surface area contributed by atoms with Crippen LogP contribution in [0.2, 0.25) is 0 Å². The van der Waals surface area contributed by atoms with Crippen molar-refractivity contribution in [2.75, 3.05) is 40.9 Å². The molecule has 3 unspecified atom stereocenters. The SMILES string of the molecule is CC/C=C\C/C=C\C/C=C\C/C=C\C/C=C\C/C=C\CCC(=O)OC(/C=C/CCCCCCCCCCCCC)C(COP(=O)([O-])OCC[N+](C)(C)C)NC(=O)CCCCCCCCCCCCCCCCCCCCCCCCCCC. The first-order valence-corrected chi connectivity index (χ1v) is 36.4. The van der Waals surface area contributed by atoms with Crippen LogP contribution in [-0.2, 0) is 27.9 Å². The molecule has 0 fully saturated rings. The van der Waals surface area contributed by atoms with E-state index in [1.807, 2.05) is 39.4 Å². The normalized spacial score (nSPS) is 14.1. The van der Waals surface area contributed by atoms with Gasteiger partial charge in [-0.05, 0) is 70.3 Å². The Hall–Kier alpha value is -2.81. The number of quaternary nitrogens is 1. The molecule has 0 saturated carbocycles. The summed E-state index contributed by atoms with van der Waals surface area (Å²) in [6.45, 7) is 6.72. The molecule has 0 aliphatic rings. The van der Waals surface area contributed by atoms with E-state index in [4.69, 9.17) is 13.8 Å². The van der Waals surface area contributed by atoms with E-state index in [9.17, 15) is 19.0 Å². The van der Waals surface area contributed by atoms with Crippen LogP contribution in [0.3, 0.4) is 0 Å². The number of phosphoric ester groups is 1. The molecular weight excluding hydrogens is 1050 g/mol. The fourth-order valence-corrected chi connectivity index (χ4v) is 10.7. The van der Waals surface area contributed by atoms with Crippen molar-refractivity contribution < 1.29 is 37.3 Å². The Morgan fingerprint density at radius 1 is 0.434 bits per heavy atom. The number of unbranched alkanes of at least 4 members (excludes halogenated alkanes) is 35. The summed E-state index contributed by atoms with van der Waals surface area (Å²) in [5.74, 6) is -0.630. The Morgan fingerprint density at radius 3 is 1.16 bits per heavy atom. The molecule has 0 aromatic rings. The van der Waals surface area contributed by atoms with Gasteiger partial charge in [0.25, 0.3) is 7.82 Å². The van der Waals surface area contributed by atoms with Crippen LogP contribution in [0.1, 0.15) is 316 Å². The summed E-state index contributed by atoms with van der Waals surface area (Å²) in [6.07, 6.45) is 83.0. The molecule has 0 rings (SSSR count). The average molecular weight is 1180 g/mol. The monoisotopic (exact) mass is 1180 g/mol. The first kappa shape index (κ1) is 80.2. The van der Waals surface area contributed by atoms with Crippen molar-refractivity contribution in [1.82, 2.24) is 5.32 Å². The maximum Gasteiger partial charge on any atom is 0.306 e. The van der Waals surface area contributed by atoms with Gasteiger partial charge in [-0.1, -0.05) is 318 Å². The maximum absolute atomic E-state index is 13.6. The van der Waals surface area contributed by atoms with E-state index in [2.05, 4.69) is 92.9 Å². The number of likely N-dealkylation sites (N-methyl/N-ethyl adjacent to an activating group) is 1. The summed E-state index contributed by atoms with van der Waals surface area (Å²) in [5.41, 5.74) is 0. The molecule has 0 aromatic carbocycles. The number of phosphoric acid groups is 1. The van der Waals surface area contributed by atoms with Gasteiger partial charge in [0.2, 0.25) is 5.91 Å². The Labute approximate surface area is 514 Å². The van der Waals surface area contributed by atoms with Gasteiger partial charge in [0.1, 0.15) is 19.3 Å². The number of hydrogen-bond donors (Lipinski definition) is 1. The minimum atomic E-state index is -4.72. The van der Waals surface area contributed by atoms with Gasteiger partial charge in [0.15, 0.2) is 0 Å². The quantitative estimate of drug-likeness (QED) is 0.0212. The van der Waals surface area contributed by atoms with E-state index in [0.29, 0.717) is 23.9 Å². The Morgan fingerprint density at radius 2 is 0.783 bits per heavy atom. The summed E-state index contributed by atoms with van der Waals surface area (Å²) in [5, 5.41) is 3.02. The first-order valence-electron chi connectivity index (χ1n) is 34.9. The van der Waals surface area contributed by atoms with Crippen LogP contribution in [-0.4, -0.2) is 69.4 Å². The van der Waals surface area contributed by atoms with Gasteiger partial charge < -0.3 is 28.5 Å². The number of nitrogens with zero attached hydrogens (tertiary/aromatic N) is 1. The van der Waals surface area contributed by atoms with E-state index in [1.165, 1.54) is 199 Å². The highest BCUT2D eigenvalue weighted by molar-refractivity contribution is 7.45. The predicted octanol–water partition coefficient (Wildman–Crippen LogP) is 21.5. The number of carbonyl (C=O) groups is 2. The molecule has 0 aliphatic carbocycles. The molecular formula is C73H133N2O7P. The van der Waals surface area contributed by atoms with Crippen molar-refractivity contribution >= 4 is 19.7 Å². The second-order valence-corrected chi connectivity index (χ2v) is 26.1. The third kappa shape index (κ3) is 63.5. The summed E-state index contributed by atoms with van der Waals surface area (Å²) in [7, 11) is 1.15. The van der Waals surface area contributed by atoms with E-state index < -0.39 is 32.5 Å². The fraction of sp³-hybridized carbons (Fsp3) is 0.781. The second-order valence-electron chi connectivity index (χ2n) is 24.7. The van der Waals surface area contributed by atoms with Crippen LogP contribution < -0.4 is 10.2 Å². The van der Waals surface area contributed by atoms with Crippen LogP contribution >= 0.6 is 7.82 Å². The van der Waals surface area contributed by atoms with Crippen LogP contribution in [0.25, 0.3) is 0 Å². The van der Waals surface area contributed by atoms with Crippen LogP contribution in [0.15, 0.2) is 85.1 Å². The molecule has 0 bridgehead atoms. The fourth-order valence-electron chi connectivity index (χ4n) is 10.0. The third-order valence-electron chi connectivity index (χ3n) is 15.4. The van der Waals surface area contributed by atoms with Crippen LogP contribution in [0.4, 0.5) is 0 Å². The topological polar surface area (TPSA) is 114 Å². The van der Waals surface area contributed by atoms with Gasteiger partial charge in [0, 0.05) is 12.8 Å². The lowest BCUT2D eigenvalue weighted by molar-refractivity contribution is -0.870. The van der Waals surface area contributed by atoms with E-state index in [1.54, 1.807) is 0 Å². The highest BCUT2D eigenvalue weighted by atomic mass is 31.2. The zero-order valence-corrected chi connectivity index (χ0v) is 56.0. The summed E-state index contributed by atoms with van der Waals surface area (Å²) >= 11 is 0. The Bertz CT molecular complexity index is 1700. The van der Waals surface area contributed by atoms with Gasteiger partial charge in [-0.3, -0.25) is 14.2 Å². The average Bonchev–Trinajstić information content (AvgIpc) is 3.46. The van der Waals surface area contributed by atoms with Gasteiger partial charge in [-0.15, -0.1) is 0 Å².